The van der Waals surface area contributed by atoms with Crippen molar-refractivity contribution in [3.8, 4) is 55.9 Å². The normalized spacial score (nSPS) is 12.1. The summed E-state index contributed by atoms with van der Waals surface area (Å²) in [6, 6.07) is 55.9. The minimum Gasteiger partial charge on any atom is -0.456 e. The van der Waals surface area contributed by atoms with Crippen LogP contribution in [-0.4, -0.2) is 9.97 Å². The molecule has 0 bridgehead atoms. The van der Waals surface area contributed by atoms with Crippen molar-refractivity contribution in [3.05, 3.63) is 158 Å². The maximum Gasteiger partial charge on any atom is 0.136 e. The van der Waals surface area contributed by atoms with E-state index in [-0.39, 0.29) is 0 Å². The fourth-order valence-corrected chi connectivity index (χ4v) is 7.85. The van der Waals surface area contributed by atoms with E-state index in [0.29, 0.717) is 0 Å². The first kappa shape index (κ1) is 26.5. The Morgan fingerprint density at radius 3 is 1.76 bits per heavy atom. The average molecular weight is 623 g/mol. The van der Waals surface area contributed by atoms with Gasteiger partial charge in [-0.15, -0.1) is 0 Å². The molecule has 226 valence electrons. The van der Waals surface area contributed by atoms with E-state index in [0.717, 1.165) is 55.5 Å². The summed E-state index contributed by atoms with van der Waals surface area (Å²) >= 11 is 0. The molecule has 0 N–H and O–H groups in total. The van der Waals surface area contributed by atoms with Crippen LogP contribution in [0.15, 0.2) is 162 Å². The highest BCUT2D eigenvalue weighted by Gasteiger charge is 2.25. The van der Waals surface area contributed by atoms with Crippen molar-refractivity contribution in [1.82, 2.24) is 9.97 Å². The molecule has 3 aromatic heterocycles. The summed E-state index contributed by atoms with van der Waals surface area (Å²) in [7, 11) is 0. The number of aromatic nitrogens is 2. The maximum absolute atomic E-state index is 6.38. The Bertz CT molecular complexity index is 2970. The van der Waals surface area contributed by atoms with Crippen molar-refractivity contribution in [3.63, 3.8) is 0 Å². The zero-order chi connectivity index (χ0) is 32.1. The summed E-state index contributed by atoms with van der Waals surface area (Å²) in [5.41, 5.74) is 15.2. The van der Waals surface area contributed by atoms with E-state index in [1.807, 2.05) is 24.3 Å². The van der Waals surface area contributed by atoms with Crippen molar-refractivity contribution in [2.24, 2.45) is 0 Å². The van der Waals surface area contributed by atoms with Gasteiger partial charge in [-0.05, 0) is 74.5 Å². The van der Waals surface area contributed by atoms with E-state index >= 15 is 0 Å². The second-order valence-electron chi connectivity index (χ2n) is 12.9. The Kier molecular flexibility index (Phi) is 5.38. The van der Waals surface area contributed by atoms with Gasteiger partial charge >= 0.3 is 0 Å². The summed E-state index contributed by atoms with van der Waals surface area (Å²) in [5.74, 6) is 0. The van der Waals surface area contributed by atoms with Crippen molar-refractivity contribution in [2.75, 3.05) is 0 Å². The number of hydrogen-bond donors (Lipinski definition) is 0. The standard InChI is InChI=1S/C46H26N2O/c1-2-7-28(8-3-1)39-23-20-30-17-18-31-21-24-40(48-46(31)45(30)47-39)29-15-13-27(14-16-29)32-19-22-33-34-10-6-11-36-43(34)38(37(33)25-32)26-42-44(36)35-9-4-5-12-41(35)49-42/h1-26H. The third kappa shape index (κ3) is 3.90. The molecule has 0 spiro atoms. The van der Waals surface area contributed by atoms with Crippen molar-refractivity contribution >= 4 is 54.5 Å². The molecule has 0 atom stereocenters. The lowest BCUT2D eigenvalue weighted by molar-refractivity contribution is 0.669. The molecule has 1 aliphatic rings. The van der Waals surface area contributed by atoms with Gasteiger partial charge in [0.2, 0.25) is 0 Å². The van der Waals surface area contributed by atoms with Gasteiger partial charge in [-0.3, -0.25) is 0 Å². The molecule has 0 fully saturated rings. The summed E-state index contributed by atoms with van der Waals surface area (Å²) in [4.78, 5) is 10.3. The molecule has 0 unspecified atom stereocenters. The van der Waals surface area contributed by atoms with Crippen LogP contribution in [0, 0.1) is 0 Å². The van der Waals surface area contributed by atoms with Crippen LogP contribution >= 0.6 is 0 Å². The number of benzene rings is 7. The van der Waals surface area contributed by atoms with Crippen molar-refractivity contribution < 1.29 is 4.42 Å². The average Bonchev–Trinajstić information content (AvgIpc) is 3.71. The molecule has 7 aromatic carbocycles. The topological polar surface area (TPSA) is 38.9 Å². The van der Waals surface area contributed by atoms with E-state index in [1.165, 1.54) is 54.9 Å². The van der Waals surface area contributed by atoms with Crippen LogP contribution in [0.25, 0.3) is 110 Å². The molecule has 10 aromatic rings. The van der Waals surface area contributed by atoms with Gasteiger partial charge in [-0.1, -0.05) is 127 Å². The van der Waals surface area contributed by atoms with Crippen LogP contribution < -0.4 is 0 Å². The van der Waals surface area contributed by atoms with Crippen molar-refractivity contribution in [1.29, 1.82) is 0 Å². The van der Waals surface area contributed by atoms with Crippen LogP contribution in [0.3, 0.4) is 0 Å². The fraction of sp³-hybridized carbons (Fsp3) is 0. The van der Waals surface area contributed by atoms with Gasteiger partial charge in [0.15, 0.2) is 0 Å². The van der Waals surface area contributed by atoms with E-state index in [2.05, 4.69) is 133 Å². The molecule has 1 aliphatic carbocycles. The molecule has 49 heavy (non-hydrogen) atoms. The molecular weight excluding hydrogens is 597 g/mol. The van der Waals surface area contributed by atoms with Crippen molar-refractivity contribution in [2.45, 2.75) is 0 Å². The summed E-state index contributed by atoms with van der Waals surface area (Å²) < 4.78 is 6.38. The van der Waals surface area contributed by atoms with E-state index in [9.17, 15) is 0 Å². The number of fused-ring (bicyclic) bond motifs is 10. The van der Waals surface area contributed by atoms with Gasteiger partial charge in [0.25, 0.3) is 0 Å². The first-order valence-corrected chi connectivity index (χ1v) is 16.7. The monoisotopic (exact) mass is 622 g/mol. The molecule has 3 heterocycles. The Balaban J connectivity index is 0.989. The molecule has 11 rings (SSSR count). The summed E-state index contributed by atoms with van der Waals surface area (Å²) in [5, 5.41) is 7.09. The van der Waals surface area contributed by atoms with Crippen LogP contribution in [0.4, 0.5) is 0 Å². The number of hydrogen-bond acceptors (Lipinski definition) is 3. The minimum atomic E-state index is 0.919. The third-order valence-electron chi connectivity index (χ3n) is 10.2. The molecule has 3 heteroatoms. The van der Waals surface area contributed by atoms with Crippen LogP contribution in [0.5, 0.6) is 0 Å². The number of pyridine rings is 2. The second kappa shape index (κ2) is 9.96. The number of para-hydroxylation sites is 1. The van der Waals surface area contributed by atoms with Gasteiger partial charge in [0.1, 0.15) is 11.2 Å². The lowest BCUT2D eigenvalue weighted by Crippen LogP contribution is -1.91. The van der Waals surface area contributed by atoms with Gasteiger partial charge in [-0.2, -0.15) is 0 Å². The van der Waals surface area contributed by atoms with E-state index in [1.54, 1.807) is 0 Å². The first-order valence-electron chi connectivity index (χ1n) is 16.7. The largest absolute Gasteiger partial charge is 0.456 e. The molecule has 0 radical (unpaired) electrons. The number of nitrogens with zero attached hydrogens (tertiary/aromatic N) is 2. The Hall–Kier alpha value is -6.58. The molecule has 0 saturated heterocycles. The van der Waals surface area contributed by atoms with E-state index < -0.39 is 0 Å². The van der Waals surface area contributed by atoms with E-state index in [4.69, 9.17) is 14.4 Å². The Morgan fingerprint density at radius 2 is 0.980 bits per heavy atom. The zero-order valence-electron chi connectivity index (χ0n) is 26.3. The zero-order valence-corrected chi connectivity index (χ0v) is 26.3. The number of rotatable bonds is 3. The predicted molar refractivity (Wildman–Crippen MR) is 203 cm³/mol. The maximum atomic E-state index is 6.38. The first-order chi connectivity index (χ1) is 24.3. The second-order valence-corrected chi connectivity index (χ2v) is 12.9. The third-order valence-corrected chi connectivity index (χ3v) is 10.2. The molecule has 3 nitrogen and oxygen atoms in total. The molecule has 0 aliphatic heterocycles. The smallest absolute Gasteiger partial charge is 0.136 e. The quantitative estimate of drug-likeness (QED) is 0.184. The molecule has 0 amide bonds. The van der Waals surface area contributed by atoms with Gasteiger partial charge in [0.05, 0.1) is 22.4 Å². The Morgan fingerprint density at radius 1 is 0.347 bits per heavy atom. The summed E-state index contributed by atoms with van der Waals surface area (Å²) in [6.45, 7) is 0. The van der Waals surface area contributed by atoms with Crippen LogP contribution in [0.1, 0.15) is 0 Å². The Labute approximate surface area is 281 Å². The lowest BCUT2D eigenvalue weighted by atomic mass is 9.96. The lowest BCUT2D eigenvalue weighted by Gasteiger charge is -2.10. The van der Waals surface area contributed by atoms with Gasteiger partial charge in [0, 0.05) is 32.7 Å². The highest BCUT2D eigenvalue weighted by Crippen LogP contribution is 2.51. The van der Waals surface area contributed by atoms with Crippen LogP contribution in [-0.2, 0) is 0 Å². The minimum absolute atomic E-state index is 0.919. The van der Waals surface area contributed by atoms with Crippen LogP contribution in [0.2, 0.25) is 0 Å². The molecule has 0 saturated carbocycles. The number of furan rings is 1. The van der Waals surface area contributed by atoms with Gasteiger partial charge < -0.3 is 4.42 Å². The summed E-state index contributed by atoms with van der Waals surface area (Å²) in [6.07, 6.45) is 0. The molecular formula is C46H26N2O. The highest BCUT2D eigenvalue weighted by atomic mass is 16.3. The highest BCUT2D eigenvalue weighted by molar-refractivity contribution is 6.28. The SMILES string of the molecule is c1ccc(-c2ccc3ccc4ccc(-c5ccc(-c6ccc7c(c6)-c6cc8oc9ccccc9c8c8cccc-7c68)cc5)nc4c3n2)cc1. The predicted octanol–water partition coefficient (Wildman–Crippen LogP) is 12.5. The van der Waals surface area contributed by atoms with Gasteiger partial charge in [-0.25, -0.2) is 9.97 Å². The fourth-order valence-electron chi connectivity index (χ4n) is 7.85.